The molecule has 1 amide bonds. The molecule has 110 valence electrons. The zero-order chi connectivity index (χ0) is 15.4. The summed E-state index contributed by atoms with van der Waals surface area (Å²) in [4.78, 5) is 11.2. The van der Waals surface area contributed by atoms with Gasteiger partial charge in [0.05, 0.1) is 10.7 Å². The minimum atomic E-state index is -0.462. The molecule has 21 heavy (non-hydrogen) atoms. The molecule has 2 aromatic carbocycles. The predicted octanol–water partition coefficient (Wildman–Crippen LogP) is 4.17. The van der Waals surface area contributed by atoms with E-state index in [-0.39, 0.29) is 0 Å². The van der Waals surface area contributed by atoms with Crippen molar-refractivity contribution in [2.24, 2.45) is 5.73 Å². The summed E-state index contributed by atoms with van der Waals surface area (Å²) in [6, 6.07) is 13.4. The van der Waals surface area contributed by atoms with Crippen molar-refractivity contribution in [2.45, 2.75) is 26.3 Å². The van der Waals surface area contributed by atoms with E-state index in [4.69, 9.17) is 17.3 Å². The first-order valence-corrected chi connectivity index (χ1v) is 7.27. The third-order valence-electron chi connectivity index (χ3n) is 3.38. The van der Waals surface area contributed by atoms with Gasteiger partial charge in [-0.15, -0.1) is 0 Å². The summed E-state index contributed by atoms with van der Waals surface area (Å²) in [5.74, 6) is 0.0599. The lowest BCUT2D eigenvalue weighted by Gasteiger charge is -2.11. The van der Waals surface area contributed by atoms with Crippen molar-refractivity contribution in [3.63, 3.8) is 0 Å². The Morgan fingerprint density at radius 1 is 1.19 bits per heavy atom. The molecule has 0 aliphatic rings. The molecule has 0 heterocycles. The van der Waals surface area contributed by atoms with Crippen molar-refractivity contribution < 1.29 is 4.79 Å². The van der Waals surface area contributed by atoms with E-state index in [9.17, 15) is 4.79 Å². The van der Waals surface area contributed by atoms with Gasteiger partial charge in [-0.25, -0.2) is 0 Å². The van der Waals surface area contributed by atoms with Crippen LogP contribution in [0.1, 0.15) is 41.3 Å². The molecule has 4 heteroatoms. The smallest absolute Gasteiger partial charge is 0.248 e. The topological polar surface area (TPSA) is 55.1 Å². The van der Waals surface area contributed by atoms with E-state index in [0.717, 1.165) is 5.56 Å². The number of nitrogens with two attached hydrogens (primary N) is 1. The molecule has 0 saturated heterocycles. The van der Waals surface area contributed by atoms with Crippen molar-refractivity contribution in [3.05, 3.63) is 64.2 Å². The van der Waals surface area contributed by atoms with Crippen LogP contribution < -0.4 is 11.1 Å². The van der Waals surface area contributed by atoms with Crippen LogP contribution in [0.25, 0.3) is 0 Å². The van der Waals surface area contributed by atoms with Gasteiger partial charge in [0.15, 0.2) is 0 Å². The van der Waals surface area contributed by atoms with Crippen molar-refractivity contribution in [3.8, 4) is 0 Å². The Kier molecular flexibility index (Phi) is 4.86. The van der Waals surface area contributed by atoms with Crippen LogP contribution >= 0.6 is 11.6 Å². The Morgan fingerprint density at radius 2 is 1.86 bits per heavy atom. The molecule has 0 spiro atoms. The molecular weight excluding hydrogens is 284 g/mol. The number of amides is 1. The van der Waals surface area contributed by atoms with Gasteiger partial charge in [0, 0.05) is 12.1 Å². The summed E-state index contributed by atoms with van der Waals surface area (Å²) >= 11 is 6.12. The number of nitrogens with one attached hydrogen (secondary N) is 1. The number of hydrogen-bond donors (Lipinski definition) is 2. The number of rotatable bonds is 5. The molecule has 2 aromatic rings. The second kappa shape index (κ2) is 6.64. The zero-order valence-corrected chi connectivity index (χ0v) is 12.9. The van der Waals surface area contributed by atoms with Gasteiger partial charge in [-0.2, -0.15) is 0 Å². The molecule has 0 radical (unpaired) electrons. The van der Waals surface area contributed by atoms with Crippen LogP contribution in [0.4, 0.5) is 5.69 Å². The van der Waals surface area contributed by atoms with E-state index in [0.29, 0.717) is 28.7 Å². The highest BCUT2D eigenvalue weighted by atomic mass is 35.5. The highest BCUT2D eigenvalue weighted by Gasteiger charge is 2.06. The van der Waals surface area contributed by atoms with Crippen molar-refractivity contribution in [2.75, 3.05) is 5.32 Å². The lowest BCUT2D eigenvalue weighted by molar-refractivity contribution is 0.100. The van der Waals surface area contributed by atoms with Crippen LogP contribution in [0.2, 0.25) is 5.02 Å². The van der Waals surface area contributed by atoms with Gasteiger partial charge < -0.3 is 11.1 Å². The molecule has 2 rings (SSSR count). The monoisotopic (exact) mass is 302 g/mol. The Hall–Kier alpha value is -2.00. The number of carbonyl (C=O) groups excluding carboxylic acids is 1. The first-order valence-electron chi connectivity index (χ1n) is 6.89. The fourth-order valence-corrected chi connectivity index (χ4v) is 2.22. The maximum Gasteiger partial charge on any atom is 0.248 e. The third kappa shape index (κ3) is 3.99. The Labute approximate surface area is 130 Å². The summed E-state index contributed by atoms with van der Waals surface area (Å²) in [7, 11) is 0. The molecule has 0 saturated carbocycles. The fourth-order valence-electron chi connectivity index (χ4n) is 2.03. The number of primary amides is 1. The van der Waals surface area contributed by atoms with E-state index < -0.39 is 5.91 Å². The molecule has 0 aliphatic heterocycles. The molecule has 0 unspecified atom stereocenters. The summed E-state index contributed by atoms with van der Waals surface area (Å²) in [6.45, 7) is 4.98. The highest BCUT2D eigenvalue weighted by molar-refractivity contribution is 6.33. The molecule has 0 atom stereocenters. The van der Waals surface area contributed by atoms with Crippen LogP contribution in [0.15, 0.2) is 42.5 Å². The van der Waals surface area contributed by atoms with Gasteiger partial charge in [-0.05, 0) is 35.2 Å². The van der Waals surface area contributed by atoms with Crippen LogP contribution in [-0.2, 0) is 6.54 Å². The van der Waals surface area contributed by atoms with Crippen molar-refractivity contribution >= 4 is 23.2 Å². The molecule has 0 fully saturated rings. The maximum absolute atomic E-state index is 11.2. The van der Waals surface area contributed by atoms with Crippen LogP contribution in [0.3, 0.4) is 0 Å². The fraction of sp³-hybridized carbons (Fsp3) is 0.235. The van der Waals surface area contributed by atoms with E-state index >= 15 is 0 Å². The normalized spacial score (nSPS) is 10.7. The average Bonchev–Trinajstić information content (AvgIpc) is 2.46. The van der Waals surface area contributed by atoms with Gasteiger partial charge >= 0.3 is 0 Å². The Bertz CT molecular complexity index is 636. The van der Waals surface area contributed by atoms with Gasteiger partial charge in [-0.3, -0.25) is 4.79 Å². The van der Waals surface area contributed by atoms with Gasteiger partial charge in [0.1, 0.15) is 0 Å². The van der Waals surface area contributed by atoms with Gasteiger partial charge in [0.2, 0.25) is 5.91 Å². The minimum Gasteiger partial charge on any atom is -0.380 e. The Morgan fingerprint density at radius 3 is 2.43 bits per heavy atom. The summed E-state index contributed by atoms with van der Waals surface area (Å²) in [5, 5.41) is 3.80. The maximum atomic E-state index is 11.2. The van der Waals surface area contributed by atoms with E-state index in [1.54, 1.807) is 18.2 Å². The summed E-state index contributed by atoms with van der Waals surface area (Å²) in [6.07, 6.45) is 0. The van der Waals surface area contributed by atoms with Crippen LogP contribution in [0, 0.1) is 0 Å². The largest absolute Gasteiger partial charge is 0.380 e. The van der Waals surface area contributed by atoms with Crippen molar-refractivity contribution in [1.82, 2.24) is 0 Å². The number of benzene rings is 2. The quantitative estimate of drug-likeness (QED) is 0.870. The number of hydrogen-bond acceptors (Lipinski definition) is 2. The van der Waals surface area contributed by atoms with E-state index in [2.05, 4.69) is 43.4 Å². The first-order chi connectivity index (χ1) is 9.97. The molecule has 0 bridgehead atoms. The highest BCUT2D eigenvalue weighted by Crippen LogP contribution is 2.24. The average molecular weight is 303 g/mol. The number of halogens is 1. The lowest BCUT2D eigenvalue weighted by atomic mass is 10.0. The van der Waals surface area contributed by atoms with E-state index in [1.807, 2.05) is 0 Å². The molecule has 0 aliphatic carbocycles. The van der Waals surface area contributed by atoms with Gasteiger partial charge in [0.25, 0.3) is 0 Å². The van der Waals surface area contributed by atoms with Crippen LogP contribution in [-0.4, -0.2) is 5.91 Å². The zero-order valence-electron chi connectivity index (χ0n) is 12.2. The minimum absolute atomic E-state index is 0.442. The van der Waals surface area contributed by atoms with Crippen molar-refractivity contribution in [1.29, 1.82) is 0 Å². The number of carbonyl (C=O) groups is 1. The molecular formula is C17H19ClN2O. The Balaban J connectivity index is 2.09. The number of anilines is 1. The SMILES string of the molecule is CC(C)c1ccc(CNc2cc(C(N)=O)ccc2Cl)cc1. The van der Waals surface area contributed by atoms with E-state index in [1.165, 1.54) is 5.56 Å². The second-order valence-corrected chi connectivity index (χ2v) is 5.72. The molecule has 3 N–H and O–H groups in total. The second-order valence-electron chi connectivity index (χ2n) is 5.31. The predicted molar refractivity (Wildman–Crippen MR) is 87.8 cm³/mol. The third-order valence-corrected chi connectivity index (χ3v) is 3.71. The lowest BCUT2D eigenvalue weighted by Crippen LogP contribution is -2.11. The molecule has 3 nitrogen and oxygen atoms in total. The first kappa shape index (κ1) is 15.4. The molecule has 0 aromatic heterocycles. The van der Waals surface area contributed by atoms with Gasteiger partial charge in [-0.1, -0.05) is 49.7 Å². The summed E-state index contributed by atoms with van der Waals surface area (Å²) in [5.41, 5.74) is 8.89. The standard InChI is InChI=1S/C17H19ClN2O/c1-11(2)13-5-3-12(4-6-13)10-20-16-9-14(17(19)21)7-8-15(16)18/h3-9,11,20H,10H2,1-2H3,(H2,19,21). The van der Waals surface area contributed by atoms with Crippen LogP contribution in [0.5, 0.6) is 0 Å². The summed E-state index contributed by atoms with van der Waals surface area (Å²) < 4.78 is 0.